The molecule has 2 fully saturated rings. The first-order chi connectivity index (χ1) is 12.0. The van der Waals surface area contributed by atoms with Crippen molar-refractivity contribution in [1.29, 1.82) is 0 Å². The highest BCUT2D eigenvalue weighted by Gasteiger charge is 2.44. The number of amides is 1. The van der Waals surface area contributed by atoms with Gasteiger partial charge in [0.2, 0.25) is 15.9 Å². The molecule has 2 saturated heterocycles. The van der Waals surface area contributed by atoms with Gasteiger partial charge in [0.25, 0.3) is 0 Å². The van der Waals surface area contributed by atoms with Crippen molar-refractivity contribution in [3.8, 4) is 0 Å². The molecule has 4 rings (SSSR count). The number of piperidine rings is 1. The normalized spacial score (nSPS) is 24.4. The number of benzene rings is 2. The lowest BCUT2D eigenvalue weighted by Gasteiger charge is -2.35. The van der Waals surface area contributed by atoms with Crippen LogP contribution in [0.25, 0.3) is 10.8 Å². The maximum atomic E-state index is 13.3. The smallest absolute Gasteiger partial charge is 0.243 e. The molecular formula is C19H22N2O3S. The van der Waals surface area contributed by atoms with Gasteiger partial charge in [0.1, 0.15) is 0 Å². The molecule has 0 radical (unpaired) electrons. The zero-order chi connectivity index (χ0) is 17.6. The Morgan fingerprint density at radius 1 is 1.08 bits per heavy atom. The third-order valence-electron chi connectivity index (χ3n) is 5.50. The van der Waals surface area contributed by atoms with Gasteiger partial charge in [-0.2, -0.15) is 4.31 Å². The van der Waals surface area contributed by atoms with E-state index in [0.29, 0.717) is 24.5 Å². The van der Waals surface area contributed by atoms with Gasteiger partial charge in [-0.15, -0.1) is 0 Å². The predicted molar refractivity (Wildman–Crippen MR) is 96.6 cm³/mol. The number of carbonyl (C=O) groups excluding carboxylic acids is 1. The van der Waals surface area contributed by atoms with Crippen LogP contribution < -0.4 is 0 Å². The number of carbonyl (C=O) groups is 1. The molecule has 0 spiro atoms. The van der Waals surface area contributed by atoms with Gasteiger partial charge >= 0.3 is 0 Å². The molecular weight excluding hydrogens is 336 g/mol. The first kappa shape index (κ1) is 16.5. The first-order valence-corrected chi connectivity index (χ1v) is 10.2. The highest BCUT2D eigenvalue weighted by Crippen LogP contribution is 2.34. The Hall–Kier alpha value is -1.92. The number of hydrogen-bond donors (Lipinski definition) is 0. The average Bonchev–Trinajstić information content (AvgIpc) is 3.05. The maximum absolute atomic E-state index is 13.3. The topological polar surface area (TPSA) is 57.7 Å². The van der Waals surface area contributed by atoms with Crippen molar-refractivity contribution in [2.24, 2.45) is 5.92 Å². The van der Waals surface area contributed by atoms with Crippen LogP contribution in [0.2, 0.25) is 0 Å². The number of likely N-dealkylation sites (tertiary alicyclic amines) is 1. The number of fused-ring (bicyclic) bond motifs is 2. The van der Waals surface area contributed by atoms with Crippen LogP contribution in [0.1, 0.15) is 19.8 Å². The number of rotatable bonds is 2. The molecule has 2 aliphatic heterocycles. The van der Waals surface area contributed by atoms with Crippen molar-refractivity contribution in [2.75, 3.05) is 19.6 Å². The summed E-state index contributed by atoms with van der Waals surface area (Å²) in [6, 6.07) is 13.0. The van der Waals surface area contributed by atoms with Crippen LogP contribution in [0.5, 0.6) is 0 Å². The van der Waals surface area contributed by atoms with E-state index >= 15 is 0 Å². The molecule has 2 aromatic carbocycles. The second kappa shape index (κ2) is 6.11. The molecule has 2 aliphatic rings. The van der Waals surface area contributed by atoms with E-state index in [4.69, 9.17) is 0 Å². The summed E-state index contributed by atoms with van der Waals surface area (Å²) < 4.78 is 28.2. The summed E-state index contributed by atoms with van der Waals surface area (Å²) in [4.78, 5) is 13.8. The summed E-state index contributed by atoms with van der Waals surface area (Å²) in [5.41, 5.74) is 0. The fraction of sp³-hybridized carbons (Fsp3) is 0.421. The lowest BCUT2D eigenvalue weighted by atomic mass is 9.94. The largest absolute Gasteiger partial charge is 0.341 e. The van der Waals surface area contributed by atoms with Crippen LogP contribution in [0, 0.1) is 5.92 Å². The molecule has 5 nitrogen and oxygen atoms in total. The van der Waals surface area contributed by atoms with E-state index in [0.717, 1.165) is 23.6 Å². The van der Waals surface area contributed by atoms with Crippen LogP contribution in [0.15, 0.2) is 47.4 Å². The van der Waals surface area contributed by atoms with Crippen LogP contribution in [0.3, 0.4) is 0 Å². The Morgan fingerprint density at radius 2 is 1.84 bits per heavy atom. The molecule has 2 heterocycles. The van der Waals surface area contributed by atoms with Gasteiger partial charge in [0.05, 0.1) is 4.90 Å². The van der Waals surface area contributed by atoms with Crippen molar-refractivity contribution in [1.82, 2.24) is 9.21 Å². The van der Waals surface area contributed by atoms with Crippen LogP contribution in [-0.2, 0) is 14.8 Å². The summed E-state index contributed by atoms with van der Waals surface area (Å²) in [6.07, 6.45) is 1.83. The fourth-order valence-corrected chi connectivity index (χ4v) is 5.91. The van der Waals surface area contributed by atoms with Gasteiger partial charge in [-0.3, -0.25) is 4.79 Å². The van der Waals surface area contributed by atoms with Crippen molar-refractivity contribution in [2.45, 2.75) is 30.7 Å². The average molecular weight is 358 g/mol. The quantitative estimate of drug-likeness (QED) is 0.829. The minimum Gasteiger partial charge on any atom is -0.341 e. The molecule has 0 aliphatic carbocycles. The van der Waals surface area contributed by atoms with Crippen LogP contribution in [0.4, 0.5) is 0 Å². The molecule has 0 unspecified atom stereocenters. The van der Waals surface area contributed by atoms with Crippen molar-refractivity contribution in [3.05, 3.63) is 42.5 Å². The van der Waals surface area contributed by atoms with E-state index < -0.39 is 10.0 Å². The SMILES string of the molecule is CC(=O)N1C[C@H]2CCCN(S(=O)(=O)c3ccc4ccccc4c3)[C@H]2C1. The number of sulfonamides is 1. The third kappa shape index (κ3) is 2.83. The summed E-state index contributed by atoms with van der Waals surface area (Å²) in [7, 11) is -3.56. The van der Waals surface area contributed by atoms with Gasteiger partial charge in [0.15, 0.2) is 0 Å². The Balaban J connectivity index is 1.69. The highest BCUT2D eigenvalue weighted by molar-refractivity contribution is 7.89. The molecule has 0 N–H and O–H groups in total. The summed E-state index contributed by atoms with van der Waals surface area (Å²) in [5, 5.41) is 1.95. The Labute approximate surface area is 148 Å². The zero-order valence-electron chi connectivity index (χ0n) is 14.3. The lowest BCUT2D eigenvalue weighted by Crippen LogP contribution is -2.48. The second-order valence-corrected chi connectivity index (χ2v) is 8.91. The van der Waals surface area contributed by atoms with Crippen molar-refractivity contribution < 1.29 is 13.2 Å². The zero-order valence-corrected chi connectivity index (χ0v) is 15.1. The molecule has 132 valence electrons. The minimum atomic E-state index is -3.56. The van der Waals surface area contributed by atoms with Gasteiger partial charge in [-0.25, -0.2) is 8.42 Å². The number of nitrogens with zero attached hydrogens (tertiary/aromatic N) is 2. The lowest BCUT2D eigenvalue weighted by molar-refractivity contribution is -0.128. The molecule has 0 saturated carbocycles. The molecule has 2 atom stereocenters. The Morgan fingerprint density at radius 3 is 2.60 bits per heavy atom. The summed E-state index contributed by atoms with van der Waals surface area (Å²) in [6.45, 7) is 3.26. The van der Waals surface area contributed by atoms with E-state index in [1.54, 1.807) is 28.3 Å². The Bertz CT molecular complexity index is 925. The Kier molecular flexibility index (Phi) is 4.04. The van der Waals surface area contributed by atoms with E-state index in [2.05, 4.69) is 0 Å². The van der Waals surface area contributed by atoms with Gasteiger partial charge in [0, 0.05) is 32.6 Å². The fourth-order valence-electron chi connectivity index (χ4n) is 4.16. The number of hydrogen-bond acceptors (Lipinski definition) is 3. The van der Waals surface area contributed by atoms with E-state index in [1.165, 1.54) is 0 Å². The van der Waals surface area contributed by atoms with Crippen molar-refractivity contribution >= 4 is 26.7 Å². The van der Waals surface area contributed by atoms with Crippen molar-refractivity contribution in [3.63, 3.8) is 0 Å². The summed E-state index contributed by atoms with van der Waals surface area (Å²) >= 11 is 0. The second-order valence-electron chi connectivity index (χ2n) is 7.02. The van der Waals surface area contributed by atoms with E-state index in [1.807, 2.05) is 30.3 Å². The summed E-state index contributed by atoms with van der Waals surface area (Å²) in [5.74, 6) is 0.269. The first-order valence-electron chi connectivity index (χ1n) is 8.73. The molecule has 6 heteroatoms. The predicted octanol–water partition coefficient (Wildman–Crippen LogP) is 2.47. The minimum absolute atomic E-state index is 0.0254. The van der Waals surface area contributed by atoms with Gasteiger partial charge in [-0.05, 0) is 41.7 Å². The molecule has 2 aromatic rings. The van der Waals surface area contributed by atoms with Crippen LogP contribution in [-0.4, -0.2) is 49.2 Å². The van der Waals surface area contributed by atoms with Gasteiger partial charge < -0.3 is 4.90 Å². The third-order valence-corrected chi connectivity index (χ3v) is 7.42. The monoisotopic (exact) mass is 358 g/mol. The standard InChI is InChI=1S/C19H22N2O3S/c1-14(22)20-12-17-7-4-10-21(19(17)13-20)25(23,24)18-9-8-15-5-2-3-6-16(15)11-18/h2-3,5-6,8-9,11,17,19H,4,7,10,12-13H2,1H3/t17-,19+/m1/s1. The molecule has 0 aromatic heterocycles. The highest BCUT2D eigenvalue weighted by atomic mass is 32.2. The van der Waals surface area contributed by atoms with Gasteiger partial charge in [-0.1, -0.05) is 30.3 Å². The van der Waals surface area contributed by atoms with E-state index in [9.17, 15) is 13.2 Å². The van der Waals surface area contributed by atoms with E-state index in [-0.39, 0.29) is 17.9 Å². The molecule has 0 bridgehead atoms. The molecule has 25 heavy (non-hydrogen) atoms. The molecule has 1 amide bonds. The maximum Gasteiger partial charge on any atom is 0.243 e. The van der Waals surface area contributed by atoms with Crippen LogP contribution >= 0.6 is 0 Å².